The van der Waals surface area contributed by atoms with E-state index in [-0.39, 0.29) is 0 Å². The van der Waals surface area contributed by atoms with Gasteiger partial charge in [-0.25, -0.2) is 0 Å². The van der Waals surface area contributed by atoms with Crippen LogP contribution in [0.4, 0.5) is 0 Å². The molecule has 0 aliphatic carbocycles. The van der Waals surface area contributed by atoms with Crippen molar-refractivity contribution in [3.05, 3.63) is 0 Å². The van der Waals surface area contributed by atoms with E-state index in [0.717, 1.165) is 32.5 Å². The molecule has 1 heterocycles. The molecule has 1 N–H and O–H groups in total. The van der Waals surface area contributed by atoms with E-state index in [4.69, 9.17) is 4.74 Å². The van der Waals surface area contributed by atoms with Crippen LogP contribution < -0.4 is 5.32 Å². The average Bonchev–Trinajstić information content (AvgIpc) is 2.26. The third-order valence-electron chi connectivity index (χ3n) is 3.50. The van der Waals surface area contributed by atoms with Gasteiger partial charge in [-0.2, -0.15) is 5.26 Å². The van der Waals surface area contributed by atoms with Crippen molar-refractivity contribution in [3.63, 3.8) is 0 Å². The molecule has 1 fully saturated rings. The first-order valence-electron chi connectivity index (χ1n) is 7.41. The molecule has 0 aromatic heterocycles. The summed E-state index contributed by atoms with van der Waals surface area (Å²) >= 11 is 0. The maximum absolute atomic E-state index is 9.31. The molecule has 0 aromatic carbocycles. The Balaban J connectivity index is 2.34. The fourth-order valence-electron chi connectivity index (χ4n) is 2.92. The lowest BCUT2D eigenvalue weighted by molar-refractivity contribution is -0.0683. The number of hydrogen-bond acceptors (Lipinski definition) is 4. The molecule has 4 heteroatoms. The summed E-state index contributed by atoms with van der Waals surface area (Å²) < 4.78 is 5.73. The van der Waals surface area contributed by atoms with Gasteiger partial charge >= 0.3 is 0 Å². The molecule has 19 heavy (non-hydrogen) atoms. The first-order chi connectivity index (χ1) is 8.84. The number of nitrogens with one attached hydrogen (secondary N) is 1. The molecule has 0 spiro atoms. The van der Waals surface area contributed by atoms with Gasteiger partial charge in [0.1, 0.15) is 5.54 Å². The monoisotopic (exact) mass is 267 g/mol. The zero-order valence-electron chi connectivity index (χ0n) is 13.1. The Bertz CT molecular complexity index is 303. The van der Waals surface area contributed by atoms with Crippen molar-refractivity contribution in [1.29, 1.82) is 5.26 Å². The molecular weight excluding hydrogens is 238 g/mol. The Kier molecular flexibility index (Phi) is 6.25. The molecule has 0 radical (unpaired) electrons. The molecule has 1 saturated heterocycles. The quantitative estimate of drug-likeness (QED) is 0.801. The van der Waals surface area contributed by atoms with E-state index in [0.29, 0.717) is 18.2 Å². The highest BCUT2D eigenvalue weighted by Crippen LogP contribution is 2.15. The van der Waals surface area contributed by atoms with Gasteiger partial charge in [0.2, 0.25) is 0 Å². The first-order valence-corrected chi connectivity index (χ1v) is 7.41. The highest BCUT2D eigenvalue weighted by molar-refractivity contribution is 5.04. The Labute approximate surface area is 118 Å². The maximum Gasteiger partial charge on any atom is 0.104 e. The minimum Gasteiger partial charge on any atom is -0.373 e. The highest BCUT2D eigenvalue weighted by atomic mass is 16.5. The molecule has 0 saturated carbocycles. The number of ether oxygens (including phenoxy) is 1. The van der Waals surface area contributed by atoms with Crippen molar-refractivity contribution in [1.82, 2.24) is 10.2 Å². The molecule has 110 valence electrons. The van der Waals surface area contributed by atoms with Crippen LogP contribution in [0.25, 0.3) is 0 Å². The van der Waals surface area contributed by atoms with Gasteiger partial charge in [-0.05, 0) is 54.0 Å². The van der Waals surface area contributed by atoms with Crippen LogP contribution in [-0.2, 0) is 4.74 Å². The molecule has 3 unspecified atom stereocenters. The minimum absolute atomic E-state index is 0.319. The summed E-state index contributed by atoms with van der Waals surface area (Å²) in [6.07, 6.45) is 2.57. The predicted molar refractivity (Wildman–Crippen MR) is 78.0 cm³/mol. The topological polar surface area (TPSA) is 48.3 Å². The Hall–Kier alpha value is -0.630. The SMILES string of the molecule is CC(C)NC(C)(C#N)CCCN1CC(C)OC(C)C1. The van der Waals surface area contributed by atoms with Gasteiger partial charge in [-0.3, -0.25) is 10.2 Å². The average molecular weight is 267 g/mol. The van der Waals surface area contributed by atoms with Gasteiger partial charge in [0.05, 0.1) is 18.3 Å². The van der Waals surface area contributed by atoms with E-state index in [1.54, 1.807) is 0 Å². The first kappa shape index (κ1) is 16.4. The lowest BCUT2D eigenvalue weighted by atomic mass is 9.96. The van der Waals surface area contributed by atoms with Gasteiger partial charge in [0.15, 0.2) is 0 Å². The molecule has 1 rings (SSSR count). The maximum atomic E-state index is 9.31. The molecule has 1 aliphatic heterocycles. The summed E-state index contributed by atoms with van der Waals surface area (Å²) in [5.74, 6) is 0. The summed E-state index contributed by atoms with van der Waals surface area (Å²) in [6, 6.07) is 2.75. The van der Waals surface area contributed by atoms with E-state index in [1.807, 2.05) is 6.92 Å². The van der Waals surface area contributed by atoms with E-state index >= 15 is 0 Å². The summed E-state index contributed by atoms with van der Waals surface area (Å²) in [5, 5.41) is 12.7. The van der Waals surface area contributed by atoms with Crippen LogP contribution in [-0.4, -0.2) is 48.3 Å². The van der Waals surface area contributed by atoms with Crippen LogP contribution in [0, 0.1) is 11.3 Å². The Morgan fingerprint density at radius 2 is 1.95 bits per heavy atom. The molecule has 0 amide bonds. The fraction of sp³-hybridized carbons (Fsp3) is 0.933. The van der Waals surface area contributed by atoms with E-state index < -0.39 is 5.54 Å². The third kappa shape index (κ3) is 5.90. The standard InChI is InChI=1S/C15H29N3O/c1-12(2)17-15(5,11-16)7-6-8-18-9-13(3)19-14(4)10-18/h12-14,17H,6-10H2,1-5H3. The largest absolute Gasteiger partial charge is 0.373 e. The van der Waals surface area contributed by atoms with Crippen LogP contribution in [0.15, 0.2) is 0 Å². The van der Waals surface area contributed by atoms with Crippen molar-refractivity contribution >= 4 is 0 Å². The van der Waals surface area contributed by atoms with Gasteiger partial charge in [0, 0.05) is 19.1 Å². The van der Waals surface area contributed by atoms with Crippen molar-refractivity contribution < 1.29 is 4.74 Å². The fourth-order valence-corrected chi connectivity index (χ4v) is 2.92. The molecule has 1 aliphatic rings. The second-order valence-corrected chi connectivity index (χ2v) is 6.36. The minimum atomic E-state index is -0.405. The lowest BCUT2D eigenvalue weighted by Gasteiger charge is -2.36. The second kappa shape index (κ2) is 7.23. The molecule has 0 aromatic rings. The number of nitrogens with zero attached hydrogens (tertiary/aromatic N) is 2. The van der Waals surface area contributed by atoms with Crippen molar-refractivity contribution in [3.8, 4) is 6.07 Å². The zero-order chi connectivity index (χ0) is 14.5. The zero-order valence-corrected chi connectivity index (χ0v) is 13.1. The van der Waals surface area contributed by atoms with Crippen LogP contribution in [0.3, 0.4) is 0 Å². The Morgan fingerprint density at radius 3 is 2.42 bits per heavy atom. The summed E-state index contributed by atoms with van der Waals surface area (Å²) in [7, 11) is 0. The molecule has 3 atom stereocenters. The van der Waals surface area contributed by atoms with Crippen molar-refractivity contribution in [2.75, 3.05) is 19.6 Å². The normalized spacial score (nSPS) is 28.1. The smallest absolute Gasteiger partial charge is 0.104 e. The third-order valence-corrected chi connectivity index (χ3v) is 3.50. The summed E-state index contributed by atoms with van der Waals surface area (Å²) in [6.45, 7) is 13.5. The molecule has 0 bridgehead atoms. The number of nitriles is 1. The van der Waals surface area contributed by atoms with Gasteiger partial charge in [-0.1, -0.05) is 0 Å². The van der Waals surface area contributed by atoms with Gasteiger partial charge in [-0.15, -0.1) is 0 Å². The van der Waals surface area contributed by atoms with E-state index in [1.165, 1.54) is 0 Å². The van der Waals surface area contributed by atoms with Crippen molar-refractivity contribution in [2.45, 2.75) is 71.2 Å². The van der Waals surface area contributed by atoms with Gasteiger partial charge in [0.25, 0.3) is 0 Å². The van der Waals surface area contributed by atoms with Crippen LogP contribution in [0.5, 0.6) is 0 Å². The van der Waals surface area contributed by atoms with E-state index in [9.17, 15) is 5.26 Å². The predicted octanol–water partition coefficient (Wildman–Crippen LogP) is 2.16. The molecular formula is C15H29N3O. The van der Waals surface area contributed by atoms with Crippen molar-refractivity contribution in [2.24, 2.45) is 0 Å². The van der Waals surface area contributed by atoms with Gasteiger partial charge < -0.3 is 4.74 Å². The molecule has 4 nitrogen and oxygen atoms in total. The number of morpholine rings is 1. The Morgan fingerprint density at radius 1 is 1.37 bits per heavy atom. The number of rotatable bonds is 6. The summed E-state index contributed by atoms with van der Waals surface area (Å²) in [5.41, 5.74) is -0.405. The summed E-state index contributed by atoms with van der Waals surface area (Å²) in [4.78, 5) is 2.45. The second-order valence-electron chi connectivity index (χ2n) is 6.36. The van der Waals surface area contributed by atoms with E-state index in [2.05, 4.69) is 44.0 Å². The highest BCUT2D eigenvalue weighted by Gasteiger charge is 2.26. The number of hydrogen-bond donors (Lipinski definition) is 1. The van der Waals surface area contributed by atoms with Crippen LogP contribution in [0.1, 0.15) is 47.5 Å². The lowest BCUT2D eigenvalue weighted by Crippen LogP contribution is -2.47. The van der Waals surface area contributed by atoms with Crippen LogP contribution in [0.2, 0.25) is 0 Å². The van der Waals surface area contributed by atoms with Crippen LogP contribution >= 0.6 is 0 Å².